The van der Waals surface area contributed by atoms with E-state index in [9.17, 15) is 8.42 Å². The summed E-state index contributed by atoms with van der Waals surface area (Å²) in [7, 11) is -3.17. The van der Waals surface area contributed by atoms with Gasteiger partial charge in [-0.15, -0.1) is 0 Å². The van der Waals surface area contributed by atoms with Crippen molar-refractivity contribution in [1.29, 1.82) is 0 Å². The Labute approximate surface area is 96.0 Å². The molecule has 16 heavy (non-hydrogen) atoms. The van der Waals surface area contributed by atoms with Crippen molar-refractivity contribution in [3.8, 4) is 0 Å². The fourth-order valence-corrected chi connectivity index (χ4v) is 2.76. The van der Waals surface area contributed by atoms with Gasteiger partial charge in [-0.2, -0.15) is 0 Å². The van der Waals surface area contributed by atoms with Crippen LogP contribution >= 0.6 is 0 Å². The van der Waals surface area contributed by atoms with Crippen molar-refractivity contribution in [2.45, 2.75) is 24.3 Å². The number of rotatable bonds is 2. The summed E-state index contributed by atoms with van der Waals surface area (Å²) in [4.78, 5) is 0.368. The lowest BCUT2D eigenvalue weighted by Gasteiger charge is -2.28. The Balaban J connectivity index is 2.47. The molecule has 1 aromatic carbocycles. The predicted octanol–water partition coefficient (Wildman–Crippen LogP) is 1.71. The summed E-state index contributed by atoms with van der Waals surface area (Å²) in [6.07, 6.45) is 2.24. The minimum Gasteiger partial charge on any atom is -0.380 e. The third-order valence-corrected chi connectivity index (χ3v) is 3.94. The number of hydrogen-bond donors (Lipinski definition) is 2. The van der Waals surface area contributed by atoms with E-state index in [0.29, 0.717) is 16.6 Å². The second kappa shape index (κ2) is 3.97. The summed E-state index contributed by atoms with van der Waals surface area (Å²) in [5.74, 6) is 0. The first-order chi connectivity index (χ1) is 7.52. The summed E-state index contributed by atoms with van der Waals surface area (Å²) in [5, 5.41) is 6.53. The Morgan fingerprint density at radius 2 is 2.19 bits per heavy atom. The maximum absolute atomic E-state index is 11.6. The first kappa shape index (κ1) is 11.3. The lowest BCUT2D eigenvalue weighted by molar-refractivity contribution is 0.601. The average molecular weight is 240 g/mol. The van der Waals surface area contributed by atoms with Gasteiger partial charge in [-0.3, -0.25) is 0 Å². The summed E-state index contributed by atoms with van der Waals surface area (Å²) in [6, 6.07) is 5.66. The van der Waals surface area contributed by atoms with Crippen molar-refractivity contribution >= 4 is 21.2 Å². The number of sulfone groups is 1. The maximum Gasteiger partial charge on any atom is 0.177 e. The van der Waals surface area contributed by atoms with Gasteiger partial charge in [0.15, 0.2) is 9.84 Å². The number of nitrogens with one attached hydrogen (secondary N) is 2. The Bertz CT molecular complexity index is 497. The smallest absolute Gasteiger partial charge is 0.177 e. The van der Waals surface area contributed by atoms with Crippen molar-refractivity contribution in [3.63, 3.8) is 0 Å². The zero-order valence-corrected chi connectivity index (χ0v) is 10.3. The minimum absolute atomic E-state index is 0.363. The zero-order valence-electron chi connectivity index (χ0n) is 9.45. The van der Waals surface area contributed by atoms with Gasteiger partial charge >= 0.3 is 0 Å². The molecule has 0 saturated carbocycles. The lowest BCUT2D eigenvalue weighted by atomic mass is 10.1. The molecular weight excluding hydrogens is 224 g/mol. The summed E-state index contributed by atoms with van der Waals surface area (Å²) < 4.78 is 23.2. The first-order valence-electron chi connectivity index (χ1n) is 5.36. The van der Waals surface area contributed by atoms with Crippen molar-refractivity contribution in [1.82, 2.24) is 0 Å². The van der Waals surface area contributed by atoms with Gasteiger partial charge in [0.25, 0.3) is 0 Å². The number of para-hydroxylation sites is 1. The Morgan fingerprint density at radius 1 is 1.44 bits per heavy atom. The summed E-state index contributed by atoms with van der Waals surface area (Å²) in [5.41, 5.74) is 1.58. The molecule has 2 rings (SSSR count). The number of benzene rings is 1. The van der Waals surface area contributed by atoms with Crippen molar-refractivity contribution in [3.05, 3.63) is 18.2 Å². The van der Waals surface area contributed by atoms with Crippen molar-refractivity contribution in [2.75, 3.05) is 23.4 Å². The Morgan fingerprint density at radius 3 is 2.81 bits per heavy atom. The van der Waals surface area contributed by atoms with E-state index in [0.717, 1.165) is 18.7 Å². The first-order valence-corrected chi connectivity index (χ1v) is 7.25. The highest BCUT2D eigenvalue weighted by atomic mass is 32.2. The third-order valence-electron chi connectivity index (χ3n) is 2.80. The molecule has 0 amide bonds. The van der Waals surface area contributed by atoms with Crippen LogP contribution in [0.1, 0.15) is 13.3 Å². The SMILES string of the molecule is CCC1CNc2c(cccc2S(C)(=O)=O)N1. The fraction of sp³-hybridized carbons (Fsp3) is 0.455. The van der Waals surface area contributed by atoms with Crippen LogP contribution in [0.25, 0.3) is 0 Å². The Hall–Kier alpha value is -1.23. The van der Waals surface area contributed by atoms with Gasteiger partial charge in [0.1, 0.15) is 0 Å². The number of anilines is 2. The van der Waals surface area contributed by atoms with E-state index in [1.54, 1.807) is 12.1 Å². The second-order valence-corrected chi connectivity index (χ2v) is 6.07. The molecule has 1 aliphatic heterocycles. The van der Waals surface area contributed by atoms with Gasteiger partial charge in [-0.1, -0.05) is 13.0 Å². The van der Waals surface area contributed by atoms with Crippen LogP contribution in [0.15, 0.2) is 23.1 Å². The number of fused-ring (bicyclic) bond motifs is 1. The maximum atomic E-state index is 11.6. The van der Waals surface area contributed by atoms with E-state index in [1.165, 1.54) is 6.26 Å². The lowest BCUT2D eigenvalue weighted by Crippen LogP contribution is -2.32. The molecule has 0 saturated heterocycles. The summed E-state index contributed by atoms with van der Waals surface area (Å²) >= 11 is 0. The van der Waals surface area contributed by atoms with Gasteiger partial charge in [-0.25, -0.2) is 8.42 Å². The molecule has 88 valence electrons. The van der Waals surface area contributed by atoms with E-state index < -0.39 is 9.84 Å². The second-order valence-electron chi connectivity index (χ2n) is 4.08. The molecular formula is C11H16N2O2S. The highest BCUT2D eigenvalue weighted by Crippen LogP contribution is 2.33. The van der Waals surface area contributed by atoms with Crippen molar-refractivity contribution < 1.29 is 8.42 Å². The van der Waals surface area contributed by atoms with Crippen LogP contribution in [-0.2, 0) is 9.84 Å². The van der Waals surface area contributed by atoms with Crippen LogP contribution in [0.3, 0.4) is 0 Å². The average Bonchev–Trinajstić information content (AvgIpc) is 2.26. The molecule has 1 unspecified atom stereocenters. The largest absolute Gasteiger partial charge is 0.380 e. The van der Waals surface area contributed by atoms with E-state index in [1.807, 2.05) is 6.07 Å². The monoisotopic (exact) mass is 240 g/mol. The quantitative estimate of drug-likeness (QED) is 0.826. The normalized spacial score (nSPS) is 19.5. The molecule has 2 N–H and O–H groups in total. The van der Waals surface area contributed by atoms with Crippen LogP contribution in [0.2, 0.25) is 0 Å². The van der Waals surface area contributed by atoms with Crippen LogP contribution in [0.5, 0.6) is 0 Å². The van der Waals surface area contributed by atoms with E-state index in [4.69, 9.17) is 0 Å². The van der Waals surface area contributed by atoms with Gasteiger partial charge in [-0.05, 0) is 18.6 Å². The zero-order chi connectivity index (χ0) is 11.8. The van der Waals surface area contributed by atoms with E-state index in [2.05, 4.69) is 17.6 Å². The summed E-state index contributed by atoms with van der Waals surface area (Å²) in [6.45, 7) is 2.86. The van der Waals surface area contributed by atoms with Gasteiger partial charge in [0.05, 0.1) is 16.3 Å². The van der Waals surface area contributed by atoms with Gasteiger partial charge < -0.3 is 10.6 Å². The number of hydrogen-bond acceptors (Lipinski definition) is 4. The molecule has 0 aromatic heterocycles. The van der Waals surface area contributed by atoms with E-state index in [-0.39, 0.29) is 0 Å². The van der Waals surface area contributed by atoms with Gasteiger partial charge in [0.2, 0.25) is 0 Å². The highest BCUT2D eigenvalue weighted by Gasteiger charge is 2.21. The predicted molar refractivity (Wildman–Crippen MR) is 65.7 cm³/mol. The molecule has 0 fully saturated rings. The minimum atomic E-state index is -3.17. The molecule has 1 aliphatic rings. The molecule has 5 heteroatoms. The molecule has 4 nitrogen and oxygen atoms in total. The van der Waals surface area contributed by atoms with Crippen LogP contribution in [0, 0.1) is 0 Å². The molecule has 0 bridgehead atoms. The van der Waals surface area contributed by atoms with Crippen molar-refractivity contribution in [2.24, 2.45) is 0 Å². The molecule has 0 aliphatic carbocycles. The Kier molecular flexibility index (Phi) is 2.80. The molecule has 0 radical (unpaired) electrons. The molecule has 1 atom stereocenters. The third kappa shape index (κ3) is 2.00. The molecule has 1 aromatic rings. The van der Waals surface area contributed by atoms with E-state index >= 15 is 0 Å². The fourth-order valence-electron chi connectivity index (χ4n) is 1.89. The highest BCUT2D eigenvalue weighted by molar-refractivity contribution is 7.90. The van der Waals surface area contributed by atoms with Crippen LogP contribution in [-0.4, -0.2) is 27.3 Å². The van der Waals surface area contributed by atoms with Crippen LogP contribution in [0.4, 0.5) is 11.4 Å². The topological polar surface area (TPSA) is 58.2 Å². The van der Waals surface area contributed by atoms with Gasteiger partial charge in [0, 0.05) is 18.8 Å². The molecule has 0 spiro atoms. The van der Waals surface area contributed by atoms with Crippen LogP contribution < -0.4 is 10.6 Å². The standard InChI is InChI=1S/C11H16N2O2S/c1-3-8-7-12-11-9(13-8)5-4-6-10(11)16(2,14)15/h4-6,8,12-13H,3,7H2,1-2H3. The molecule has 1 heterocycles.